The van der Waals surface area contributed by atoms with Gasteiger partial charge in [0.15, 0.2) is 12.1 Å². The van der Waals surface area contributed by atoms with Crippen molar-refractivity contribution in [3.05, 3.63) is 11.6 Å². The third-order valence-electron chi connectivity index (χ3n) is 15.6. The molecule has 3 spiro atoms. The molecule has 3 aliphatic heterocycles. The average Bonchev–Trinajstić information content (AvgIpc) is 3.50. The lowest BCUT2D eigenvalue weighted by molar-refractivity contribution is -0.325. The molecule has 3 saturated heterocycles. The summed E-state index contributed by atoms with van der Waals surface area (Å²) in [6.45, 7) is 14.5. The van der Waals surface area contributed by atoms with Crippen LogP contribution in [0.2, 0.25) is 0 Å². The van der Waals surface area contributed by atoms with E-state index in [0.29, 0.717) is 5.92 Å². The summed E-state index contributed by atoms with van der Waals surface area (Å²) in [6, 6.07) is 0. The minimum atomic E-state index is -1.47. The maximum absolute atomic E-state index is 12.6. The van der Waals surface area contributed by atoms with Crippen LogP contribution in [0.5, 0.6) is 0 Å². The predicted octanol–water partition coefficient (Wildman–Crippen LogP) is 2.40. The van der Waals surface area contributed by atoms with Gasteiger partial charge in [0.2, 0.25) is 0 Å². The number of hydrogen-bond donors (Lipinski definition) is 6. The van der Waals surface area contributed by atoms with E-state index in [1.54, 1.807) is 13.8 Å². The summed E-state index contributed by atoms with van der Waals surface area (Å²) in [5, 5.41) is 64.8. The Morgan fingerprint density at radius 1 is 0.978 bits per heavy atom. The Bertz CT molecular complexity index is 1310. The summed E-state index contributed by atoms with van der Waals surface area (Å²) in [5.74, 6) is -0.548. The Morgan fingerprint density at radius 2 is 1.70 bits per heavy atom. The summed E-state index contributed by atoms with van der Waals surface area (Å²) >= 11 is 0. The van der Waals surface area contributed by atoms with E-state index < -0.39 is 66.3 Å². The van der Waals surface area contributed by atoms with Crippen molar-refractivity contribution < 1.29 is 49.6 Å². The quantitative estimate of drug-likeness (QED) is 0.250. The molecule has 2 bridgehead atoms. The molecule has 0 radical (unpaired) electrons. The fraction of sp³-hybridized carbons (Fsp3) is 0.944. The summed E-state index contributed by atoms with van der Waals surface area (Å²) in [7, 11) is 0. The monoisotopic (exact) mass is 648 g/mol. The number of aliphatic hydroxyl groups is 6. The lowest BCUT2D eigenvalue weighted by Gasteiger charge is -2.60. The Balaban J connectivity index is 1.12. The number of allylic oxidation sites excluding steroid dienone is 1. The normalized spacial score (nSPS) is 59.9. The van der Waals surface area contributed by atoms with Gasteiger partial charge in [-0.25, -0.2) is 0 Å². The van der Waals surface area contributed by atoms with Crippen LogP contribution < -0.4 is 0 Å². The van der Waals surface area contributed by atoms with Gasteiger partial charge < -0.3 is 49.6 Å². The van der Waals surface area contributed by atoms with Gasteiger partial charge in [-0.3, -0.25) is 0 Å². The molecule has 8 aliphatic rings. The molecule has 5 aliphatic carbocycles. The summed E-state index contributed by atoms with van der Waals surface area (Å²) in [6.07, 6.45) is 0.592. The number of fused-ring (bicyclic) bond motifs is 4. The van der Waals surface area contributed by atoms with Crippen LogP contribution in [-0.2, 0) is 18.9 Å². The first-order chi connectivity index (χ1) is 21.4. The van der Waals surface area contributed by atoms with Crippen LogP contribution in [0.25, 0.3) is 0 Å². The van der Waals surface area contributed by atoms with Crippen LogP contribution in [-0.4, -0.2) is 104 Å². The van der Waals surface area contributed by atoms with E-state index in [0.717, 1.165) is 44.9 Å². The third-order valence-corrected chi connectivity index (χ3v) is 15.6. The Kier molecular flexibility index (Phi) is 6.76. The second-order valence-electron chi connectivity index (χ2n) is 18.3. The zero-order valence-corrected chi connectivity index (χ0v) is 28.5. The molecule has 4 saturated carbocycles. The largest absolute Gasteiger partial charge is 0.394 e. The second-order valence-corrected chi connectivity index (χ2v) is 18.3. The topological polar surface area (TPSA) is 158 Å². The minimum Gasteiger partial charge on any atom is -0.394 e. The first kappa shape index (κ1) is 32.5. The van der Waals surface area contributed by atoms with E-state index >= 15 is 0 Å². The zero-order valence-electron chi connectivity index (χ0n) is 28.5. The lowest BCUT2D eigenvalue weighted by Crippen LogP contribution is -2.61. The fourth-order valence-corrected chi connectivity index (χ4v) is 13.4. The average molecular weight is 649 g/mol. The Morgan fingerprint density at radius 3 is 2.37 bits per heavy atom. The Hall–Kier alpha value is -0.660. The van der Waals surface area contributed by atoms with Crippen LogP contribution in [0.3, 0.4) is 0 Å². The van der Waals surface area contributed by atoms with Crippen molar-refractivity contribution in [1.29, 1.82) is 0 Å². The third kappa shape index (κ3) is 3.58. The van der Waals surface area contributed by atoms with Gasteiger partial charge >= 0.3 is 0 Å². The van der Waals surface area contributed by atoms with Crippen LogP contribution in [0.15, 0.2) is 11.6 Å². The van der Waals surface area contributed by atoms with Crippen LogP contribution >= 0.6 is 0 Å². The van der Waals surface area contributed by atoms with Crippen molar-refractivity contribution in [2.75, 3.05) is 6.61 Å². The van der Waals surface area contributed by atoms with Crippen molar-refractivity contribution in [3.8, 4) is 0 Å². The van der Waals surface area contributed by atoms with Crippen molar-refractivity contribution in [2.24, 2.45) is 44.8 Å². The second kappa shape index (κ2) is 9.56. The minimum absolute atomic E-state index is 0.00777. The lowest BCUT2D eigenvalue weighted by atomic mass is 9.44. The van der Waals surface area contributed by atoms with Crippen molar-refractivity contribution in [3.63, 3.8) is 0 Å². The molecule has 0 aromatic carbocycles. The summed E-state index contributed by atoms with van der Waals surface area (Å²) < 4.78 is 25.8. The number of hydrogen-bond acceptors (Lipinski definition) is 10. The highest BCUT2D eigenvalue weighted by molar-refractivity contribution is 5.48. The predicted molar refractivity (Wildman–Crippen MR) is 165 cm³/mol. The molecule has 10 heteroatoms. The molecule has 0 aromatic rings. The highest BCUT2D eigenvalue weighted by atomic mass is 16.8. The van der Waals surface area contributed by atoms with Gasteiger partial charge in [0.05, 0.1) is 24.4 Å². The van der Waals surface area contributed by atoms with Crippen molar-refractivity contribution in [1.82, 2.24) is 0 Å². The van der Waals surface area contributed by atoms with E-state index in [1.807, 2.05) is 0 Å². The molecule has 3 heterocycles. The maximum atomic E-state index is 12.6. The molecule has 10 nitrogen and oxygen atoms in total. The molecule has 8 rings (SSSR count). The molecular formula is C36H56O10. The molecule has 7 fully saturated rings. The number of rotatable bonds is 4. The van der Waals surface area contributed by atoms with Gasteiger partial charge in [0.25, 0.3) is 0 Å². The summed E-state index contributed by atoms with van der Waals surface area (Å²) in [4.78, 5) is 0. The molecule has 17 atom stereocenters. The van der Waals surface area contributed by atoms with Gasteiger partial charge in [-0.05, 0) is 92.3 Å². The molecule has 0 aromatic heterocycles. The highest BCUT2D eigenvalue weighted by Crippen LogP contribution is 2.89. The van der Waals surface area contributed by atoms with Crippen molar-refractivity contribution in [2.45, 2.75) is 160 Å². The molecule has 6 N–H and O–H groups in total. The van der Waals surface area contributed by atoms with Crippen LogP contribution in [0.1, 0.15) is 93.4 Å². The van der Waals surface area contributed by atoms with Crippen LogP contribution in [0, 0.1) is 44.8 Å². The number of aliphatic hydroxyl groups excluding tert-OH is 5. The first-order valence-corrected chi connectivity index (χ1v) is 17.8. The van der Waals surface area contributed by atoms with Crippen LogP contribution in [0.4, 0.5) is 0 Å². The first-order valence-electron chi connectivity index (χ1n) is 17.8. The smallest absolute Gasteiger partial charge is 0.199 e. The van der Waals surface area contributed by atoms with E-state index in [1.165, 1.54) is 5.57 Å². The molecule has 0 amide bonds. The van der Waals surface area contributed by atoms with E-state index in [2.05, 4.69) is 40.7 Å². The fourth-order valence-electron chi connectivity index (χ4n) is 13.4. The van der Waals surface area contributed by atoms with Gasteiger partial charge in [-0.1, -0.05) is 46.3 Å². The Labute approximate surface area is 272 Å². The van der Waals surface area contributed by atoms with Gasteiger partial charge in [-0.15, -0.1) is 0 Å². The van der Waals surface area contributed by atoms with Gasteiger partial charge in [-0.2, -0.15) is 0 Å². The van der Waals surface area contributed by atoms with E-state index in [9.17, 15) is 30.6 Å². The van der Waals surface area contributed by atoms with E-state index in [-0.39, 0.29) is 45.7 Å². The molecule has 0 unspecified atom stereocenters. The molecule has 46 heavy (non-hydrogen) atoms. The maximum Gasteiger partial charge on any atom is 0.199 e. The zero-order chi connectivity index (χ0) is 33.2. The number of ether oxygens (including phenoxy) is 4. The SMILES string of the molecule is C[C@@H]1C[C@H]2O[C@]3(O[C@@H]2C(C)(C)O)[C@H]1[C@@]1(C)CC[C@@]24C[C@@]25CC[C@H](O[C@@H]2O[C@H](CO)[C@H](O)[C@H](O)[C@H]2O)C(C)(C)[C@H]5CC=C4[C@]1(C)[C@H]3O. The molecular weight excluding hydrogens is 592 g/mol. The standard InChI is InChI=1S/C36H56O10/c1-17-14-18-27(31(4,5)42)46-36(45-18)26(17)32(6)12-13-35-16-34(35)11-10-22(44-28-25(40)24(39)23(38)19(15-37)43-28)30(2,3)20(34)8-9-21(35)33(32,7)29(36)41/h9,17-20,22-29,37-42H,8,10-16H2,1-7H3/t17-,18-,19-,20-,22+,23+,24+,25-,26-,27+,28+,29-,32-,33-,34-,35+,36+/m1/s1. The van der Waals surface area contributed by atoms with E-state index in [4.69, 9.17) is 18.9 Å². The highest BCUT2D eigenvalue weighted by Gasteiger charge is 2.86. The van der Waals surface area contributed by atoms with Gasteiger partial charge in [0, 0.05) is 11.3 Å². The van der Waals surface area contributed by atoms with Gasteiger partial charge in [0.1, 0.15) is 36.6 Å². The summed E-state index contributed by atoms with van der Waals surface area (Å²) in [5.41, 5.74) is -0.713. The molecule has 260 valence electrons. The van der Waals surface area contributed by atoms with Crippen molar-refractivity contribution >= 4 is 0 Å².